The Hall–Kier alpha value is -4.32. The summed E-state index contributed by atoms with van der Waals surface area (Å²) in [4.78, 5) is 34.4. The van der Waals surface area contributed by atoms with Gasteiger partial charge >= 0.3 is 12.0 Å². The van der Waals surface area contributed by atoms with Crippen molar-refractivity contribution in [2.24, 2.45) is 0 Å². The van der Waals surface area contributed by atoms with E-state index in [1.807, 2.05) is 31.3 Å². The summed E-state index contributed by atoms with van der Waals surface area (Å²) in [7, 11) is 5.32. The smallest absolute Gasteiger partial charge is 0.319 e. The van der Waals surface area contributed by atoms with Gasteiger partial charge in [-0.15, -0.1) is 0 Å². The zero-order chi connectivity index (χ0) is 32.9. The average Bonchev–Trinajstić information content (AvgIpc) is 3.46. The monoisotopic (exact) mass is 645 g/mol. The number of nitrogens with zero attached hydrogens (tertiary/aromatic N) is 7. The van der Waals surface area contributed by atoms with Crippen LogP contribution in [0.3, 0.4) is 0 Å². The molecule has 10 nitrogen and oxygen atoms in total. The summed E-state index contributed by atoms with van der Waals surface area (Å²) in [5.74, 6) is -0.116. The first-order valence-electron chi connectivity index (χ1n) is 16.4. The first-order valence-corrected chi connectivity index (χ1v) is 16.4. The number of alkyl halides is 1. The van der Waals surface area contributed by atoms with Crippen molar-refractivity contribution in [3.63, 3.8) is 0 Å². The second-order valence-corrected chi connectivity index (χ2v) is 13.5. The molecule has 2 aromatic carbocycles. The summed E-state index contributed by atoms with van der Waals surface area (Å²) in [6, 6.07) is 10.6. The van der Waals surface area contributed by atoms with Crippen LogP contribution in [-0.2, 0) is 0 Å². The van der Waals surface area contributed by atoms with Crippen LogP contribution in [0.1, 0.15) is 38.5 Å². The molecule has 1 N–H and O–H groups in total. The maximum atomic E-state index is 16.7. The third-order valence-corrected chi connectivity index (χ3v) is 10.2. The van der Waals surface area contributed by atoms with E-state index in [4.69, 9.17) is 9.72 Å². The first-order chi connectivity index (χ1) is 22.6. The molecule has 3 atom stereocenters. The van der Waals surface area contributed by atoms with Crippen LogP contribution >= 0.6 is 0 Å². The van der Waals surface area contributed by atoms with Gasteiger partial charge in [-0.1, -0.05) is 24.3 Å². The molecule has 3 saturated heterocycles. The highest BCUT2D eigenvalue weighted by atomic mass is 19.1. The lowest BCUT2D eigenvalue weighted by Crippen LogP contribution is -2.43. The van der Waals surface area contributed by atoms with E-state index >= 15 is 4.39 Å². The van der Waals surface area contributed by atoms with Gasteiger partial charge in [-0.3, -0.25) is 9.88 Å². The molecule has 3 aliphatic rings. The Labute approximate surface area is 273 Å². The number of amides is 2. The van der Waals surface area contributed by atoms with Crippen LogP contribution in [0.5, 0.6) is 11.8 Å². The van der Waals surface area contributed by atoms with E-state index in [0.717, 1.165) is 43.0 Å². The van der Waals surface area contributed by atoms with Crippen molar-refractivity contribution >= 4 is 33.5 Å². The Morgan fingerprint density at radius 2 is 1.91 bits per heavy atom. The van der Waals surface area contributed by atoms with Gasteiger partial charge in [-0.2, -0.15) is 9.97 Å². The van der Waals surface area contributed by atoms with Crippen LogP contribution in [-0.4, -0.2) is 112 Å². The van der Waals surface area contributed by atoms with Crippen molar-refractivity contribution in [1.82, 2.24) is 29.7 Å². The lowest BCUT2D eigenvalue weighted by atomic mass is 9.95. The summed E-state index contributed by atoms with van der Waals surface area (Å²) in [5, 5.41) is 12.5. The molecule has 1 unspecified atom stereocenters. The third-order valence-electron chi connectivity index (χ3n) is 10.2. The molecule has 0 radical (unpaired) electrons. The largest absolute Gasteiger partial charge is 0.508 e. The number of ether oxygens (including phenoxy) is 1. The molecule has 0 aliphatic carbocycles. The minimum absolute atomic E-state index is 0.00679. The third kappa shape index (κ3) is 5.77. The molecule has 7 rings (SSSR count). The van der Waals surface area contributed by atoms with Crippen LogP contribution in [0.4, 0.5) is 19.4 Å². The number of phenols is 1. The van der Waals surface area contributed by atoms with Crippen LogP contribution in [0, 0.1) is 5.82 Å². The highest BCUT2D eigenvalue weighted by Gasteiger charge is 2.49. The lowest BCUT2D eigenvalue weighted by Gasteiger charge is -2.31. The minimum Gasteiger partial charge on any atom is -0.508 e. The molecule has 4 aromatic rings. The van der Waals surface area contributed by atoms with Crippen LogP contribution < -0.4 is 9.64 Å². The number of hydrogen-bond acceptors (Lipinski definition) is 8. The number of phenolic OH excluding ortho intramolecular Hbond substituents is 1. The fourth-order valence-electron chi connectivity index (χ4n) is 7.80. The van der Waals surface area contributed by atoms with Gasteiger partial charge < -0.3 is 24.5 Å². The second-order valence-electron chi connectivity index (χ2n) is 13.5. The summed E-state index contributed by atoms with van der Waals surface area (Å²) < 4.78 is 37.5. The van der Waals surface area contributed by atoms with Crippen molar-refractivity contribution < 1.29 is 23.4 Å². The van der Waals surface area contributed by atoms with Crippen molar-refractivity contribution in [3.8, 4) is 23.0 Å². The number of fused-ring (bicyclic) bond motifs is 3. The predicted octanol–water partition coefficient (Wildman–Crippen LogP) is 5.62. The van der Waals surface area contributed by atoms with E-state index in [0.29, 0.717) is 49.2 Å². The van der Waals surface area contributed by atoms with E-state index in [1.165, 1.54) is 6.07 Å². The molecule has 5 heterocycles. The fraction of sp³-hybridized carbons (Fsp3) is 0.486. The number of pyridine rings is 1. The summed E-state index contributed by atoms with van der Waals surface area (Å²) in [5.41, 5.74) is 0.171. The Balaban J connectivity index is 1.29. The fourth-order valence-corrected chi connectivity index (χ4v) is 7.80. The molecule has 47 heavy (non-hydrogen) atoms. The predicted molar refractivity (Wildman–Crippen MR) is 177 cm³/mol. The Morgan fingerprint density at radius 1 is 1.09 bits per heavy atom. The number of carbonyl (C=O) groups is 1. The number of rotatable bonds is 6. The number of carbonyl (C=O) groups excluding carboxylic acids is 1. The number of aromatic nitrogens is 3. The molecule has 3 fully saturated rings. The first kappa shape index (κ1) is 31.3. The number of anilines is 1. The Morgan fingerprint density at radius 3 is 2.74 bits per heavy atom. The van der Waals surface area contributed by atoms with Crippen molar-refractivity contribution in [1.29, 1.82) is 0 Å². The average molecular weight is 646 g/mol. The molecule has 12 heteroatoms. The normalized spacial score (nSPS) is 23.2. The van der Waals surface area contributed by atoms with E-state index in [2.05, 4.69) is 19.8 Å². The maximum absolute atomic E-state index is 16.7. The van der Waals surface area contributed by atoms with Crippen molar-refractivity contribution in [2.75, 3.05) is 58.8 Å². The van der Waals surface area contributed by atoms with Crippen molar-refractivity contribution in [3.05, 3.63) is 48.4 Å². The molecule has 2 aromatic heterocycles. The van der Waals surface area contributed by atoms with Gasteiger partial charge in [0.2, 0.25) is 0 Å². The van der Waals surface area contributed by atoms with Crippen LogP contribution in [0.25, 0.3) is 32.9 Å². The SMILES string of the molecule is CN(C)C(=O)N(C)C1CCCN(c2nc(OC[C@@]34CCCN3C[C@H](F)C4)nc3c(F)c(-c4cc(O)cc5ccccc45)ncc23)CC1. The van der Waals surface area contributed by atoms with E-state index in [-0.39, 0.29) is 41.7 Å². The van der Waals surface area contributed by atoms with Gasteiger partial charge in [0.15, 0.2) is 5.82 Å². The zero-order valence-electron chi connectivity index (χ0n) is 27.1. The molecular weight excluding hydrogens is 604 g/mol. The highest BCUT2D eigenvalue weighted by molar-refractivity contribution is 5.99. The van der Waals surface area contributed by atoms with Gasteiger partial charge in [0.25, 0.3) is 0 Å². The summed E-state index contributed by atoms with van der Waals surface area (Å²) >= 11 is 0. The zero-order valence-corrected chi connectivity index (χ0v) is 27.1. The molecule has 2 amide bonds. The number of urea groups is 1. The molecule has 3 aliphatic heterocycles. The molecule has 0 bridgehead atoms. The van der Waals surface area contributed by atoms with Crippen LogP contribution in [0.15, 0.2) is 42.6 Å². The van der Waals surface area contributed by atoms with E-state index in [9.17, 15) is 14.3 Å². The molecule has 248 valence electrons. The number of benzene rings is 2. The second kappa shape index (κ2) is 12.4. The number of hydrogen-bond donors (Lipinski definition) is 1. The van der Waals surface area contributed by atoms with Crippen LogP contribution in [0.2, 0.25) is 0 Å². The van der Waals surface area contributed by atoms with Crippen molar-refractivity contribution in [2.45, 2.75) is 56.3 Å². The minimum atomic E-state index is -0.905. The van der Waals surface area contributed by atoms with Gasteiger partial charge in [0.1, 0.15) is 35.6 Å². The quantitative estimate of drug-likeness (QED) is 0.289. The van der Waals surface area contributed by atoms with Gasteiger partial charge in [0, 0.05) is 65.0 Å². The van der Waals surface area contributed by atoms with E-state index in [1.54, 1.807) is 36.2 Å². The van der Waals surface area contributed by atoms with Gasteiger partial charge in [-0.25, -0.2) is 13.6 Å². The summed E-state index contributed by atoms with van der Waals surface area (Å²) in [6.45, 7) is 2.68. The lowest BCUT2D eigenvalue weighted by molar-refractivity contribution is 0.107. The number of aromatic hydroxyl groups is 1. The standard InChI is InChI=1S/C35H41F2N7O3/c1-41(2)34(46)42(3)24-9-6-13-43(15-11-24)32-28-19-38-30(27-17-25(45)16-22-8-4-5-10-26(22)27)29(37)31(28)39-33(40-32)47-21-35-12-7-14-44(35)20-23(36)18-35/h4-5,8,10,16-17,19,23-24,45H,6-7,9,11-15,18,20-21H2,1-3H3/t23-,24?,35+/m1/s1. The molecule has 0 saturated carbocycles. The molecule has 0 spiro atoms. The Bertz CT molecular complexity index is 1820. The molecular formula is C35H41F2N7O3. The van der Waals surface area contributed by atoms with Gasteiger partial charge in [0.05, 0.1) is 10.9 Å². The highest BCUT2D eigenvalue weighted by Crippen LogP contribution is 2.41. The van der Waals surface area contributed by atoms with E-state index < -0.39 is 17.5 Å². The maximum Gasteiger partial charge on any atom is 0.319 e. The topological polar surface area (TPSA) is 98.2 Å². The summed E-state index contributed by atoms with van der Waals surface area (Å²) in [6.07, 6.45) is 5.22. The van der Waals surface area contributed by atoms with Gasteiger partial charge in [-0.05, 0) is 61.6 Å². The number of halogens is 2. The Kier molecular flexibility index (Phi) is 8.23.